The zero-order valence-corrected chi connectivity index (χ0v) is 32.9. The number of primary amides is 2. The van der Waals surface area contributed by atoms with Gasteiger partial charge in [-0.15, -0.1) is 0 Å². The van der Waals surface area contributed by atoms with Gasteiger partial charge in [-0.3, -0.25) is 43.7 Å². The molecule has 0 bridgehead atoms. The fourth-order valence-corrected chi connectivity index (χ4v) is 6.42. The molecule has 5 heterocycles. The van der Waals surface area contributed by atoms with Crippen molar-refractivity contribution in [2.24, 2.45) is 11.5 Å². The number of nitrogen functional groups attached to an aromatic ring is 1. The molecule has 5 aromatic heterocycles. The number of ether oxygens (including phenoxy) is 2. The Morgan fingerprint density at radius 3 is 2.12 bits per heavy atom. The van der Waals surface area contributed by atoms with Crippen LogP contribution >= 0.6 is 0 Å². The maximum atomic E-state index is 13.8. The Balaban J connectivity index is 1.38. The van der Waals surface area contributed by atoms with Gasteiger partial charge in [0.2, 0.25) is 23.7 Å². The number of aromatic nitrogens is 9. The summed E-state index contributed by atoms with van der Waals surface area (Å²) in [5.41, 5.74) is 21.3. The Kier molecular flexibility index (Phi) is 12.1. The molecular formula is C38H46N14O6. The zero-order chi connectivity index (χ0) is 41.7. The Labute approximate surface area is 332 Å². The Morgan fingerprint density at radius 1 is 0.793 bits per heavy atom. The van der Waals surface area contributed by atoms with Crippen LogP contribution in [0.3, 0.4) is 0 Å². The van der Waals surface area contributed by atoms with E-state index in [2.05, 4.69) is 30.8 Å². The van der Waals surface area contributed by atoms with Gasteiger partial charge < -0.3 is 31.2 Å². The summed E-state index contributed by atoms with van der Waals surface area (Å²) < 4.78 is 17.9. The molecule has 6 rings (SSSR count). The second-order valence-electron chi connectivity index (χ2n) is 13.3. The van der Waals surface area contributed by atoms with Gasteiger partial charge in [-0.2, -0.15) is 10.2 Å². The number of nitrogens with zero attached hydrogens (tertiary/aromatic N) is 9. The van der Waals surface area contributed by atoms with Gasteiger partial charge in [0.1, 0.15) is 28.2 Å². The number of methoxy groups -OCH3 is 1. The average molecular weight is 795 g/mol. The van der Waals surface area contributed by atoms with Gasteiger partial charge in [-0.05, 0) is 64.8 Å². The molecule has 6 aromatic rings. The average Bonchev–Trinajstić information content (AvgIpc) is 3.93. The molecule has 20 heteroatoms. The largest absolute Gasteiger partial charge is 0.491 e. The maximum Gasteiger partial charge on any atom is 0.278 e. The zero-order valence-electron chi connectivity index (χ0n) is 32.9. The molecule has 0 radical (unpaired) electrons. The van der Waals surface area contributed by atoms with Crippen LogP contribution in [0.1, 0.15) is 79.8 Å². The van der Waals surface area contributed by atoms with Crippen LogP contribution in [-0.4, -0.2) is 87.6 Å². The molecule has 0 saturated heterocycles. The van der Waals surface area contributed by atoms with Crippen molar-refractivity contribution in [1.82, 2.24) is 43.6 Å². The smallest absolute Gasteiger partial charge is 0.278 e. The van der Waals surface area contributed by atoms with E-state index in [0.29, 0.717) is 77.8 Å². The number of amides is 4. The molecule has 0 atom stereocenters. The number of benzene rings is 1. The minimum Gasteiger partial charge on any atom is -0.491 e. The van der Waals surface area contributed by atoms with E-state index in [1.165, 1.54) is 23.0 Å². The minimum absolute atomic E-state index is 0.140. The molecule has 58 heavy (non-hydrogen) atoms. The first-order valence-corrected chi connectivity index (χ1v) is 18.6. The highest BCUT2D eigenvalue weighted by molar-refractivity contribution is 6.07. The van der Waals surface area contributed by atoms with Gasteiger partial charge in [-0.1, -0.05) is 12.2 Å². The van der Waals surface area contributed by atoms with Gasteiger partial charge in [0.25, 0.3) is 11.8 Å². The van der Waals surface area contributed by atoms with Crippen molar-refractivity contribution >= 4 is 63.4 Å². The van der Waals surface area contributed by atoms with Gasteiger partial charge >= 0.3 is 0 Å². The number of fused-ring (bicyclic) bond motifs is 2. The van der Waals surface area contributed by atoms with Crippen LogP contribution in [0.5, 0.6) is 5.75 Å². The molecule has 8 N–H and O–H groups in total. The summed E-state index contributed by atoms with van der Waals surface area (Å²) in [6.07, 6.45) is 6.39. The SMILES string of the molecule is CCn1nc(C)cc1C(=O)Nc1nc2cc(C(N)=O)cnc2n1C/C=C/Cn1c(NC(=O)c2c(N)c(C)nn2CC)nc2cc(C(N)=O)cc(OCCCCOC)c21. The molecule has 4 amide bonds. The van der Waals surface area contributed by atoms with E-state index >= 15 is 0 Å². The number of pyridine rings is 1. The second-order valence-corrected chi connectivity index (χ2v) is 13.3. The van der Waals surface area contributed by atoms with Crippen LogP contribution in [0.25, 0.3) is 22.2 Å². The fourth-order valence-electron chi connectivity index (χ4n) is 6.42. The van der Waals surface area contributed by atoms with Crippen LogP contribution < -0.4 is 32.6 Å². The monoisotopic (exact) mass is 794 g/mol. The maximum absolute atomic E-state index is 13.8. The van der Waals surface area contributed by atoms with Gasteiger partial charge in [0, 0.05) is 51.7 Å². The highest BCUT2D eigenvalue weighted by Crippen LogP contribution is 2.32. The quantitative estimate of drug-likeness (QED) is 0.0620. The predicted molar refractivity (Wildman–Crippen MR) is 216 cm³/mol. The van der Waals surface area contributed by atoms with Crippen LogP contribution in [-0.2, 0) is 30.9 Å². The van der Waals surface area contributed by atoms with Crippen molar-refractivity contribution < 1.29 is 28.7 Å². The number of anilines is 3. The molecule has 0 unspecified atom stereocenters. The molecule has 0 aliphatic carbocycles. The Hall–Kier alpha value is -7.09. The lowest BCUT2D eigenvalue weighted by Crippen LogP contribution is -2.21. The number of nitrogens with one attached hydrogen (secondary N) is 2. The predicted octanol–water partition coefficient (Wildman–Crippen LogP) is 3.18. The van der Waals surface area contributed by atoms with E-state index in [9.17, 15) is 19.2 Å². The van der Waals surface area contributed by atoms with E-state index in [4.69, 9.17) is 31.7 Å². The van der Waals surface area contributed by atoms with Crippen LogP contribution in [0, 0.1) is 13.8 Å². The molecular weight excluding hydrogens is 749 g/mol. The van der Waals surface area contributed by atoms with E-state index in [1.54, 1.807) is 46.9 Å². The fraction of sp³-hybridized carbons (Fsp3) is 0.342. The summed E-state index contributed by atoms with van der Waals surface area (Å²) in [7, 11) is 1.62. The Bertz CT molecular complexity index is 2560. The first-order chi connectivity index (χ1) is 27.8. The number of carbonyl (C=O) groups excluding carboxylic acids is 4. The van der Waals surface area contributed by atoms with Gasteiger partial charge in [0.05, 0.1) is 34.8 Å². The van der Waals surface area contributed by atoms with Gasteiger partial charge in [-0.25, -0.2) is 15.0 Å². The number of imidazole rings is 2. The highest BCUT2D eigenvalue weighted by atomic mass is 16.5. The lowest BCUT2D eigenvalue weighted by Gasteiger charge is -2.13. The van der Waals surface area contributed by atoms with Crippen molar-refractivity contribution in [1.29, 1.82) is 0 Å². The summed E-state index contributed by atoms with van der Waals surface area (Å²) in [5.74, 6) is -1.68. The third-order valence-corrected chi connectivity index (χ3v) is 9.28. The number of unbranched alkanes of at least 4 members (excludes halogenated alkanes) is 1. The molecule has 0 aliphatic rings. The van der Waals surface area contributed by atoms with Gasteiger partial charge in [0.15, 0.2) is 5.65 Å². The molecule has 20 nitrogen and oxygen atoms in total. The molecule has 304 valence electrons. The number of aryl methyl sites for hydroxylation is 4. The van der Waals surface area contributed by atoms with E-state index in [0.717, 1.165) is 6.42 Å². The minimum atomic E-state index is -0.678. The summed E-state index contributed by atoms with van der Waals surface area (Å²) in [5, 5.41) is 14.5. The number of nitrogens with two attached hydrogens (primary N) is 3. The van der Waals surface area contributed by atoms with Crippen LogP contribution in [0.4, 0.5) is 17.6 Å². The lowest BCUT2D eigenvalue weighted by atomic mass is 10.1. The number of hydrogen-bond donors (Lipinski definition) is 5. The van der Waals surface area contributed by atoms with E-state index in [1.807, 2.05) is 26.0 Å². The molecule has 0 aliphatic heterocycles. The molecule has 0 fully saturated rings. The van der Waals surface area contributed by atoms with Crippen molar-refractivity contribution in [3.8, 4) is 5.75 Å². The number of allylic oxidation sites excluding steroid dienone is 2. The first-order valence-electron chi connectivity index (χ1n) is 18.6. The Morgan fingerprint density at radius 2 is 1.43 bits per heavy atom. The van der Waals surface area contributed by atoms with Crippen LogP contribution in [0.2, 0.25) is 0 Å². The number of rotatable bonds is 18. The number of carbonyl (C=O) groups is 4. The summed E-state index contributed by atoms with van der Waals surface area (Å²) in [6, 6.07) is 6.26. The highest BCUT2D eigenvalue weighted by Gasteiger charge is 2.24. The topological polar surface area (TPSA) is 273 Å². The third kappa shape index (κ3) is 8.36. The first kappa shape index (κ1) is 40.6. The standard InChI is InChI=1S/C38H46N14O6/c1-6-51-27(16-21(3)47-51)35(55)45-38-44-26-18-24(33(41)54)20-42-34(26)50(38)13-9-8-12-49-30-25(17-23(32(40)53)19-28(30)58-15-11-10-14-57-5)43-37(49)46-36(56)31-29(39)22(4)48-52(31)7-2/h8-9,16-20H,6-7,10-15,39H2,1-5H3,(H2,40,53)(H2,41,54)(H,43,46,56)(H,44,45,55)/b9-8+. The summed E-state index contributed by atoms with van der Waals surface area (Å²) in [4.78, 5) is 65.4. The normalized spacial score (nSPS) is 11.5. The van der Waals surface area contributed by atoms with Crippen LogP contribution in [0.15, 0.2) is 42.6 Å². The van der Waals surface area contributed by atoms with Crippen molar-refractivity contribution in [3.05, 3.63) is 76.5 Å². The summed E-state index contributed by atoms with van der Waals surface area (Å²) >= 11 is 0. The van der Waals surface area contributed by atoms with E-state index in [-0.39, 0.29) is 47.5 Å². The van der Waals surface area contributed by atoms with E-state index < -0.39 is 23.6 Å². The lowest BCUT2D eigenvalue weighted by molar-refractivity contribution is 0.0991. The molecule has 0 spiro atoms. The number of hydrogen-bond acceptors (Lipinski definition) is 12. The van der Waals surface area contributed by atoms with Crippen molar-refractivity contribution in [2.45, 2.75) is 66.7 Å². The molecule has 1 aromatic carbocycles. The van der Waals surface area contributed by atoms with Crippen molar-refractivity contribution in [2.75, 3.05) is 36.7 Å². The molecule has 0 saturated carbocycles. The van der Waals surface area contributed by atoms with Crippen molar-refractivity contribution in [3.63, 3.8) is 0 Å². The second kappa shape index (κ2) is 17.4. The third-order valence-electron chi connectivity index (χ3n) is 9.28. The summed E-state index contributed by atoms with van der Waals surface area (Å²) in [6.45, 7) is 9.28.